The first-order valence-corrected chi connectivity index (χ1v) is 27.5. The van der Waals surface area contributed by atoms with Gasteiger partial charge in [-0.2, -0.15) is 0 Å². The number of methoxy groups -OCH3 is 4. The zero-order valence-electron chi connectivity index (χ0n) is 47.2. The summed E-state index contributed by atoms with van der Waals surface area (Å²) in [5.74, 6) is -2.77. The Hall–Kier alpha value is -7.56. The summed E-state index contributed by atoms with van der Waals surface area (Å²) in [5, 5.41) is 8.61. The van der Waals surface area contributed by atoms with Gasteiger partial charge in [0.05, 0.1) is 69.3 Å². The van der Waals surface area contributed by atoms with Crippen LogP contribution in [0.2, 0.25) is 0 Å². The summed E-state index contributed by atoms with van der Waals surface area (Å²) in [6, 6.07) is 15.1. The van der Waals surface area contributed by atoms with E-state index in [0.717, 1.165) is 6.42 Å². The van der Waals surface area contributed by atoms with Crippen LogP contribution in [0.4, 0.5) is 0 Å². The van der Waals surface area contributed by atoms with Crippen molar-refractivity contribution in [1.29, 1.82) is 0 Å². The number of Topliss-reactive ketones (excluding diaryl/α,β-unsaturated/α-hetero) is 4. The fraction of sp³-hybridized carbons (Fsp3) is 0.467. The van der Waals surface area contributed by atoms with Crippen molar-refractivity contribution in [2.24, 2.45) is 34.4 Å². The largest absolute Gasteiger partial charge is 0.496 e. The normalized spacial score (nSPS) is 12.5. The monoisotopic (exact) mass is 1120 g/mol. The molecule has 81 heavy (non-hydrogen) atoms. The SMILES string of the molecule is COc1ccc(C(=O)N[C@@H](CCCCN)C(=O)Cc2ccc(OC)c(C(=O)N[C@@H](CCCCN)C(=O)Cc3ccc(OC)c(C(=O)N[C@@H](CCCCN)C(=O)Cc4ccc(OC)c(C(N)=O)c4)c3)c2)cc1CC(=O)[C@@H](N)CCCCN. The first kappa shape index (κ1) is 66.0. The number of carbonyl (C=O) groups excluding carboxylic acids is 8. The predicted molar refractivity (Wildman–Crippen MR) is 309 cm³/mol. The first-order valence-electron chi connectivity index (χ1n) is 27.5. The quantitative estimate of drug-likeness (QED) is 0.0289. The summed E-state index contributed by atoms with van der Waals surface area (Å²) in [6.07, 6.45) is 5.44. The molecule has 21 nitrogen and oxygen atoms in total. The minimum atomic E-state index is -1.02. The van der Waals surface area contributed by atoms with Crippen molar-refractivity contribution in [1.82, 2.24) is 16.0 Å². The minimum absolute atomic E-state index is 0.0572. The summed E-state index contributed by atoms with van der Waals surface area (Å²) >= 11 is 0. The van der Waals surface area contributed by atoms with Crippen LogP contribution in [0.3, 0.4) is 0 Å². The number of hydrogen-bond acceptors (Lipinski definition) is 17. The molecule has 0 radical (unpaired) electrons. The Morgan fingerprint density at radius 1 is 0.407 bits per heavy atom. The topological polar surface area (TPSA) is 366 Å². The van der Waals surface area contributed by atoms with Crippen molar-refractivity contribution in [3.8, 4) is 23.0 Å². The lowest BCUT2D eigenvalue weighted by molar-refractivity contribution is -0.121. The molecule has 0 unspecified atom stereocenters. The molecule has 4 atom stereocenters. The molecule has 0 aromatic heterocycles. The lowest BCUT2D eigenvalue weighted by Crippen LogP contribution is -2.42. The van der Waals surface area contributed by atoms with Crippen LogP contribution in [0.25, 0.3) is 0 Å². The third-order valence-electron chi connectivity index (χ3n) is 13.9. The molecule has 0 aliphatic rings. The van der Waals surface area contributed by atoms with Crippen molar-refractivity contribution in [3.05, 3.63) is 117 Å². The van der Waals surface area contributed by atoms with Crippen LogP contribution in [0.5, 0.6) is 23.0 Å². The zero-order chi connectivity index (χ0) is 59.4. The zero-order valence-corrected chi connectivity index (χ0v) is 47.2. The molecule has 0 spiro atoms. The second kappa shape index (κ2) is 34.6. The van der Waals surface area contributed by atoms with Gasteiger partial charge in [-0.15, -0.1) is 0 Å². The van der Waals surface area contributed by atoms with Crippen molar-refractivity contribution in [2.75, 3.05) is 54.6 Å². The van der Waals surface area contributed by atoms with Crippen LogP contribution < -0.4 is 69.3 Å². The smallest absolute Gasteiger partial charge is 0.255 e. The highest BCUT2D eigenvalue weighted by atomic mass is 16.5. The number of rotatable bonds is 39. The number of carbonyl (C=O) groups is 8. The number of benzene rings is 4. The van der Waals surface area contributed by atoms with Gasteiger partial charge in [-0.25, -0.2) is 0 Å². The lowest BCUT2D eigenvalue weighted by Gasteiger charge is -2.21. The van der Waals surface area contributed by atoms with Gasteiger partial charge >= 0.3 is 0 Å². The Kier molecular flexibility index (Phi) is 28.1. The van der Waals surface area contributed by atoms with Crippen molar-refractivity contribution < 1.29 is 57.3 Å². The fourth-order valence-corrected chi connectivity index (χ4v) is 9.30. The van der Waals surface area contributed by atoms with E-state index in [1.165, 1.54) is 46.6 Å². The van der Waals surface area contributed by atoms with Gasteiger partial charge in [0.1, 0.15) is 23.0 Å². The molecule has 4 aromatic carbocycles. The summed E-state index contributed by atoms with van der Waals surface area (Å²) < 4.78 is 21.9. The highest BCUT2D eigenvalue weighted by Crippen LogP contribution is 2.26. The molecule has 4 aromatic rings. The Balaban J connectivity index is 1.54. The minimum Gasteiger partial charge on any atom is -0.496 e. The fourth-order valence-electron chi connectivity index (χ4n) is 9.30. The third kappa shape index (κ3) is 20.5. The average Bonchev–Trinajstić information content (AvgIpc) is 3.48. The van der Waals surface area contributed by atoms with Gasteiger partial charge in [0.15, 0.2) is 23.1 Å². The van der Waals surface area contributed by atoms with E-state index < -0.39 is 47.8 Å². The number of unbranched alkanes of at least 4 members (excludes halogenated alkanes) is 4. The molecule has 0 saturated carbocycles. The molecule has 0 saturated heterocycles. The number of nitrogens with two attached hydrogens (primary N) is 6. The van der Waals surface area contributed by atoms with Gasteiger partial charge < -0.3 is 69.3 Å². The summed E-state index contributed by atoms with van der Waals surface area (Å²) in [7, 11) is 5.64. The Labute approximate surface area is 474 Å². The van der Waals surface area contributed by atoms with E-state index in [9.17, 15) is 38.4 Å². The number of nitrogens with one attached hydrogen (secondary N) is 3. The Bertz CT molecular complexity index is 2790. The predicted octanol–water partition coefficient (Wildman–Crippen LogP) is 3.51. The molecular formula is C60H83N9O12. The van der Waals surface area contributed by atoms with E-state index in [1.54, 1.807) is 54.6 Å². The van der Waals surface area contributed by atoms with E-state index >= 15 is 0 Å². The van der Waals surface area contributed by atoms with E-state index in [0.29, 0.717) is 106 Å². The molecule has 0 fully saturated rings. The molecule has 4 amide bonds. The molecule has 4 rings (SSSR count). The van der Waals surface area contributed by atoms with E-state index in [2.05, 4.69) is 16.0 Å². The molecule has 0 aliphatic carbocycles. The summed E-state index contributed by atoms with van der Waals surface area (Å²) in [6.45, 7) is 1.60. The van der Waals surface area contributed by atoms with Crippen molar-refractivity contribution in [2.45, 2.75) is 127 Å². The Morgan fingerprint density at radius 2 is 0.753 bits per heavy atom. The molecule has 15 N–H and O–H groups in total. The van der Waals surface area contributed by atoms with E-state index in [1.807, 2.05) is 0 Å². The van der Waals surface area contributed by atoms with Crippen LogP contribution in [-0.4, -0.2) is 126 Å². The maximum atomic E-state index is 14.3. The number of ether oxygens (including phenoxy) is 4. The van der Waals surface area contributed by atoms with Gasteiger partial charge in [0.2, 0.25) is 0 Å². The molecular weight excluding hydrogens is 1040 g/mol. The maximum absolute atomic E-state index is 14.3. The van der Waals surface area contributed by atoms with Gasteiger partial charge in [-0.1, -0.05) is 24.6 Å². The van der Waals surface area contributed by atoms with Crippen molar-refractivity contribution >= 4 is 46.8 Å². The standard InChI is InChI=1S/C60H83N9O12/c1-78-53-24-20-40(35-41(53)36-49(70)45(65)13-5-9-25-61)58(75)67-46(14-6-10-26-62)50(71)33-38-18-22-55(80-3)43(30-38)60(77)69-48(16-8-12-28-64)52(73)34-39-19-23-56(81-4)44(31-39)59(76)68-47(15-7-11-27-63)51(72)32-37-17-21-54(79-2)42(29-37)57(66)74/h17-24,29-31,35,45-48H,5-16,25-28,32-34,36,61-65H2,1-4H3,(H2,66,74)(H,67,75)(H,68,76)(H,69,77)/t45-,46-,47-,48-/m0/s1. The van der Waals surface area contributed by atoms with Gasteiger partial charge in [-0.3, -0.25) is 38.4 Å². The number of hydrogen-bond donors (Lipinski definition) is 9. The highest BCUT2D eigenvalue weighted by molar-refractivity contribution is 6.03. The van der Waals surface area contributed by atoms with E-state index in [-0.39, 0.29) is 108 Å². The van der Waals surface area contributed by atoms with Crippen molar-refractivity contribution in [3.63, 3.8) is 0 Å². The maximum Gasteiger partial charge on any atom is 0.255 e. The molecule has 0 bridgehead atoms. The summed E-state index contributed by atoms with van der Waals surface area (Å²) in [5.41, 5.74) is 37.0. The highest BCUT2D eigenvalue weighted by Gasteiger charge is 2.29. The molecule has 0 heterocycles. The van der Waals surface area contributed by atoms with Crippen LogP contribution in [0.1, 0.15) is 141 Å². The lowest BCUT2D eigenvalue weighted by atomic mass is 9.95. The van der Waals surface area contributed by atoms with Gasteiger partial charge in [0, 0.05) is 36.8 Å². The van der Waals surface area contributed by atoms with Crippen LogP contribution in [-0.2, 0) is 44.9 Å². The van der Waals surface area contributed by atoms with Gasteiger partial charge in [0.25, 0.3) is 23.6 Å². The average molecular weight is 1120 g/mol. The molecule has 0 aliphatic heterocycles. The number of ketones is 4. The number of primary amides is 1. The molecule has 21 heteroatoms. The van der Waals surface area contributed by atoms with Crippen LogP contribution in [0.15, 0.2) is 72.8 Å². The third-order valence-corrected chi connectivity index (χ3v) is 13.9. The van der Waals surface area contributed by atoms with Gasteiger partial charge in [-0.05, 0) is 168 Å². The molecule has 440 valence electrons. The first-order chi connectivity index (χ1) is 38.9. The second-order valence-electron chi connectivity index (χ2n) is 19.9. The Morgan fingerprint density at radius 3 is 1.12 bits per heavy atom. The summed E-state index contributed by atoms with van der Waals surface area (Å²) in [4.78, 5) is 110. The van der Waals surface area contributed by atoms with Crippen LogP contribution in [0, 0.1) is 0 Å². The second-order valence-corrected chi connectivity index (χ2v) is 19.9. The number of amides is 4. The van der Waals surface area contributed by atoms with E-state index in [4.69, 9.17) is 53.3 Å². The van der Waals surface area contributed by atoms with Crippen LogP contribution >= 0.6 is 0 Å².